The SMILES string of the molecule is COc1cccc(CN(Cc2ccco2)C[C@H](O)COC(C)(C)C)c1OC. The Morgan fingerprint density at radius 3 is 2.44 bits per heavy atom. The summed E-state index contributed by atoms with van der Waals surface area (Å²) in [6, 6.07) is 9.58. The summed E-state index contributed by atoms with van der Waals surface area (Å²) in [5.41, 5.74) is 0.690. The number of hydrogen-bond acceptors (Lipinski definition) is 6. The fourth-order valence-electron chi connectivity index (χ4n) is 2.82. The molecule has 2 aromatic rings. The van der Waals surface area contributed by atoms with E-state index in [0.717, 1.165) is 11.3 Å². The van der Waals surface area contributed by atoms with Gasteiger partial charge in [0.05, 0.1) is 45.3 Å². The highest BCUT2D eigenvalue weighted by Gasteiger charge is 2.20. The van der Waals surface area contributed by atoms with Crippen LogP contribution < -0.4 is 9.47 Å². The molecule has 0 bridgehead atoms. The van der Waals surface area contributed by atoms with Crippen molar-refractivity contribution in [2.24, 2.45) is 0 Å². The Morgan fingerprint density at radius 1 is 1.07 bits per heavy atom. The first kappa shape index (κ1) is 21.3. The third kappa shape index (κ3) is 6.90. The Balaban J connectivity index is 2.13. The van der Waals surface area contributed by atoms with Gasteiger partial charge in [-0.2, -0.15) is 0 Å². The summed E-state index contributed by atoms with van der Waals surface area (Å²) < 4.78 is 22.1. The van der Waals surface area contributed by atoms with Crippen molar-refractivity contribution in [1.29, 1.82) is 0 Å². The Morgan fingerprint density at radius 2 is 1.85 bits per heavy atom. The normalized spacial score (nSPS) is 13.0. The van der Waals surface area contributed by atoms with Crippen LogP contribution in [-0.2, 0) is 17.8 Å². The highest BCUT2D eigenvalue weighted by Crippen LogP contribution is 2.31. The molecule has 0 unspecified atom stereocenters. The highest BCUT2D eigenvalue weighted by molar-refractivity contribution is 5.46. The van der Waals surface area contributed by atoms with E-state index < -0.39 is 6.10 Å². The molecule has 0 amide bonds. The molecule has 0 saturated heterocycles. The lowest BCUT2D eigenvalue weighted by Gasteiger charge is -2.27. The molecule has 0 saturated carbocycles. The van der Waals surface area contributed by atoms with Crippen LogP contribution in [0.15, 0.2) is 41.0 Å². The standard InChI is InChI=1S/C21H31NO5/c1-21(2,3)27-15-17(23)13-22(14-18-9-7-11-26-18)12-16-8-6-10-19(24-4)20(16)25-5/h6-11,17,23H,12-15H2,1-5H3/t17-/m0/s1. The molecule has 1 heterocycles. The van der Waals surface area contributed by atoms with Crippen LogP contribution in [0.3, 0.4) is 0 Å². The van der Waals surface area contributed by atoms with Gasteiger partial charge >= 0.3 is 0 Å². The van der Waals surface area contributed by atoms with Crippen molar-refractivity contribution in [2.75, 3.05) is 27.4 Å². The van der Waals surface area contributed by atoms with Crippen molar-refractivity contribution >= 4 is 0 Å². The Bertz CT molecular complexity index is 678. The summed E-state index contributed by atoms with van der Waals surface area (Å²) in [5.74, 6) is 2.22. The molecular formula is C21H31NO5. The van der Waals surface area contributed by atoms with Crippen LogP contribution in [0.4, 0.5) is 0 Å². The molecule has 1 atom stereocenters. The van der Waals surface area contributed by atoms with E-state index >= 15 is 0 Å². The number of aliphatic hydroxyl groups is 1. The van der Waals surface area contributed by atoms with Gasteiger partial charge < -0.3 is 23.7 Å². The maximum Gasteiger partial charge on any atom is 0.165 e. The van der Waals surface area contributed by atoms with E-state index in [1.165, 1.54) is 0 Å². The zero-order valence-electron chi connectivity index (χ0n) is 16.9. The van der Waals surface area contributed by atoms with E-state index in [1.54, 1.807) is 20.5 Å². The number of aliphatic hydroxyl groups excluding tert-OH is 1. The lowest BCUT2D eigenvalue weighted by molar-refractivity contribution is -0.0576. The molecule has 6 nitrogen and oxygen atoms in total. The first-order valence-corrected chi connectivity index (χ1v) is 9.09. The monoisotopic (exact) mass is 377 g/mol. The Hall–Kier alpha value is -2.02. The van der Waals surface area contributed by atoms with Crippen LogP contribution in [0.5, 0.6) is 11.5 Å². The van der Waals surface area contributed by atoms with Crippen molar-refractivity contribution in [3.63, 3.8) is 0 Å². The quantitative estimate of drug-likeness (QED) is 0.684. The fourth-order valence-corrected chi connectivity index (χ4v) is 2.82. The van der Waals surface area contributed by atoms with Gasteiger partial charge in [-0.1, -0.05) is 12.1 Å². The minimum Gasteiger partial charge on any atom is -0.493 e. The lowest BCUT2D eigenvalue weighted by Crippen LogP contribution is -2.36. The molecule has 0 aliphatic carbocycles. The average molecular weight is 377 g/mol. The largest absolute Gasteiger partial charge is 0.493 e. The zero-order chi connectivity index (χ0) is 19.9. The van der Waals surface area contributed by atoms with Crippen LogP contribution in [0.2, 0.25) is 0 Å². The Kier molecular flexibility index (Phi) is 7.71. The number of benzene rings is 1. The van der Waals surface area contributed by atoms with Crippen molar-refractivity contribution < 1.29 is 23.7 Å². The van der Waals surface area contributed by atoms with E-state index in [-0.39, 0.29) is 12.2 Å². The maximum atomic E-state index is 10.5. The molecule has 150 valence electrons. The summed E-state index contributed by atoms with van der Waals surface area (Å²) >= 11 is 0. The molecule has 0 fully saturated rings. The van der Waals surface area contributed by atoms with Crippen LogP contribution >= 0.6 is 0 Å². The van der Waals surface area contributed by atoms with Crippen LogP contribution in [0.1, 0.15) is 32.1 Å². The van der Waals surface area contributed by atoms with E-state index in [9.17, 15) is 5.11 Å². The molecule has 0 radical (unpaired) electrons. The lowest BCUT2D eigenvalue weighted by atomic mass is 10.1. The van der Waals surface area contributed by atoms with Gasteiger partial charge in [-0.25, -0.2) is 0 Å². The van der Waals surface area contributed by atoms with Gasteiger partial charge in [-0.3, -0.25) is 4.90 Å². The maximum absolute atomic E-state index is 10.5. The second-order valence-electron chi connectivity index (χ2n) is 7.48. The second-order valence-corrected chi connectivity index (χ2v) is 7.48. The molecule has 0 aliphatic heterocycles. The van der Waals surface area contributed by atoms with Gasteiger partial charge in [0, 0.05) is 18.7 Å². The van der Waals surface area contributed by atoms with Gasteiger partial charge in [0.25, 0.3) is 0 Å². The van der Waals surface area contributed by atoms with Gasteiger partial charge in [-0.05, 0) is 39.0 Å². The predicted molar refractivity (Wildman–Crippen MR) is 104 cm³/mol. The van der Waals surface area contributed by atoms with Crippen molar-refractivity contribution in [1.82, 2.24) is 4.90 Å². The molecule has 0 spiro atoms. The second kappa shape index (κ2) is 9.78. The number of furan rings is 1. The average Bonchev–Trinajstić information content (AvgIpc) is 3.12. The number of ether oxygens (including phenoxy) is 3. The molecule has 1 aromatic carbocycles. The Labute approximate surface area is 161 Å². The van der Waals surface area contributed by atoms with Gasteiger partial charge in [-0.15, -0.1) is 0 Å². The predicted octanol–water partition coefficient (Wildman–Crippen LogP) is 3.48. The number of para-hydroxylation sites is 1. The van der Waals surface area contributed by atoms with E-state index in [2.05, 4.69) is 4.90 Å². The molecule has 0 aliphatic rings. The number of methoxy groups -OCH3 is 2. The summed E-state index contributed by atoms with van der Waals surface area (Å²) in [6.07, 6.45) is 1.04. The summed E-state index contributed by atoms with van der Waals surface area (Å²) in [4.78, 5) is 2.10. The van der Waals surface area contributed by atoms with Crippen LogP contribution in [0, 0.1) is 0 Å². The van der Waals surface area contributed by atoms with Crippen molar-refractivity contribution in [3.05, 3.63) is 47.9 Å². The summed E-state index contributed by atoms with van der Waals surface area (Å²) in [6.45, 7) is 7.78. The third-order valence-corrected chi connectivity index (χ3v) is 4.02. The molecule has 1 N–H and O–H groups in total. The molecular weight excluding hydrogens is 346 g/mol. The molecule has 2 rings (SSSR count). The zero-order valence-corrected chi connectivity index (χ0v) is 16.9. The summed E-state index contributed by atoms with van der Waals surface area (Å²) in [7, 11) is 3.25. The summed E-state index contributed by atoms with van der Waals surface area (Å²) in [5, 5.41) is 10.5. The highest BCUT2D eigenvalue weighted by atomic mass is 16.5. The van der Waals surface area contributed by atoms with Crippen LogP contribution in [0.25, 0.3) is 0 Å². The number of nitrogens with zero attached hydrogens (tertiary/aromatic N) is 1. The molecule has 1 aromatic heterocycles. The number of rotatable bonds is 10. The molecule has 6 heteroatoms. The van der Waals surface area contributed by atoms with Gasteiger partial charge in [0.1, 0.15) is 5.76 Å². The van der Waals surface area contributed by atoms with Gasteiger partial charge in [0.2, 0.25) is 0 Å². The minimum absolute atomic E-state index is 0.271. The van der Waals surface area contributed by atoms with Crippen molar-refractivity contribution in [2.45, 2.75) is 45.6 Å². The van der Waals surface area contributed by atoms with Crippen LogP contribution in [-0.4, -0.2) is 49.1 Å². The number of hydrogen-bond donors (Lipinski definition) is 1. The smallest absolute Gasteiger partial charge is 0.165 e. The topological polar surface area (TPSA) is 64.3 Å². The van der Waals surface area contributed by atoms with Gasteiger partial charge in [0.15, 0.2) is 11.5 Å². The first-order chi connectivity index (χ1) is 12.8. The van der Waals surface area contributed by atoms with E-state index in [4.69, 9.17) is 18.6 Å². The fraction of sp³-hybridized carbons (Fsp3) is 0.524. The van der Waals surface area contributed by atoms with Crippen molar-refractivity contribution in [3.8, 4) is 11.5 Å². The van der Waals surface area contributed by atoms with E-state index in [1.807, 2.05) is 51.1 Å². The van der Waals surface area contributed by atoms with E-state index in [0.29, 0.717) is 31.1 Å². The third-order valence-electron chi connectivity index (χ3n) is 4.02. The first-order valence-electron chi connectivity index (χ1n) is 9.09. The minimum atomic E-state index is -0.615. The molecule has 27 heavy (non-hydrogen) atoms.